The molecule has 15 heavy (non-hydrogen) atoms. The Morgan fingerprint density at radius 2 is 2.27 bits per heavy atom. The SMILES string of the molecule is CNC(=O)CN(C)c1ccc(N)c(C)n1. The standard InChI is InChI=1S/C10H16N4O/c1-7-8(11)4-5-9(13-7)14(3)6-10(15)12-2/h4-5H,6,11H2,1-3H3,(H,12,15). The zero-order chi connectivity index (χ0) is 11.4. The number of aromatic nitrogens is 1. The van der Waals surface area contributed by atoms with Crippen LogP contribution >= 0.6 is 0 Å². The predicted molar refractivity (Wildman–Crippen MR) is 60.7 cm³/mol. The minimum atomic E-state index is -0.0474. The van der Waals surface area contributed by atoms with Gasteiger partial charge in [-0.25, -0.2) is 4.98 Å². The van der Waals surface area contributed by atoms with Crippen molar-refractivity contribution in [1.82, 2.24) is 10.3 Å². The molecule has 0 saturated carbocycles. The molecule has 0 aromatic carbocycles. The molecule has 0 aliphatic heterocycles. The van der Waals surface area contributed by atoms with Crippen molar-refractivity contribution < 1.29 is 4.79 Å². The fraction of sp³-hybridized carbons (Fsp3) is 0.400. The number of nitrogens with one attached hydrogen (secondary N) is 1. The van der Waals surface area contributed by atoms with Crippen LogP contribution in [0.5, 0.6) is 0 Å². The second-order valence-electron chi connectivity index (χ2n) is 3.37. The van der Waals surface area contributed by atoms with Gasteiger partial charge in [-0.1, -0.05) is 0 Å². The number of amides is 1. The fourth-order valence-electron chi connectivity index (χ4n) is 1.15. The van der Waals surface area contributed by atoms with Gasteiger partial charge in [0.15, 0.2) is 0 Å². The highest BCUT2D eigenvalue weighted by molar-refractivity contribution is 5.80. The summed E-state index contributed by atoms with van der Waals surface area (Å²) in [6, 6.07) is 3.59. The van der Waals surface area contributed by atoms with Crippen LogP contribution in [0.1, 0.15) is 5.69 Å². The molecular weight excluding hydrogens is 192 g/mol. The van der Waals surface area contributed by atoms with E-state index in [0.29, 0.717) is 5.69 Å². The summed E-state index contributed by atoms with van der Waals surface area (Å²) in [5, 5.41) is 2.56. The fourth-order valence-corrected chi connectivity index (χ4v) is 1.15. The molecule has 0 saturated heterocycles. The summed E-state index contributed by atoms with van der Waals surface area (Å²) in [7, 11) is 3.42. The first-order chi connectivity index (χ1) is 7.04. The third-order valence-corrected chi connectivity index (χ3v) is 2.16. The van der Waals surface area contributed by atoms with Crippen LogP contribution in [0.25, 0.3) is 0 Å². The molecule has 5 heteroatoms. The minimum Gasteiger partial charge on any atom is -0.397 e. The van der Waals surface area contributed by atoms with Crippen molar-refractivity contribution in [2.45, 2.75) is 6.92 Å². The van der Waals surface area contributed by atoms with E-state index in [-0.39, 0.29) is 12.5 Å². The number of carbonyl (C=O) groups is 1. The first kappa shape index (κ1) is 11.3. The van der Waals surface area contributed by atoms with Crippen molar-refractivity contribution in [3.05, 3.63) is 17.8 Å². The van der Waals surface area contributed by atoms with Crippen LogP contribution < -0.4 is 16.0 Å². The molecule has 1 heterocycles. The van der Waals surface area contributed by atoms with Crippen LogP contribution in [-0.2, 0) is 4.79 Å². The van der Waals surface area contributed by atoms with Crippen molar-refractivity contribution in [2.75, 3.05) is 31.3 Å². The van der Waals surface area contributed by atoms with E-state index in [4.69, 9.17) is 5.73 Å². The quantitative estimate of drug-likeness (QED) is 0.742. The number of rotatable bonds is 3. The molecule has 0 atom stereocenters. The smallest absolute Gasteiger partial charge is 0.239 e. The topological polar surface area (TPSA) is 71.2 Å². The molecule has 1 aromatic rings. The lowest BCUT2D eigenvalue weighted by atomic mass is 10.3. The predicted octanol–water partition coefficient (Wildman–Crippen LogP) is 0.154. The lowest BCUT2D eigenvalue weighted by Crippen LogP contribution is -2.33. The van der Waals surface area contributed by atoms with Gasteiger partial charge in [0.2, 0.25) is 5.91 Å². The molecule has 0 bridgehead atoms. The Bertz CT molecular complexity index is 364. The Kier molecular flexibility index (Phi) is 3.49. The number of carbonyl (C=O) groups excluding carboxylic acids is 1. The normalized spacial score (nSPS) is 9.80. The number of nitrogen functional groups attached to an aromatic ring is 1. The molecule has 0 radical (unpaired) electrons. The monoisotopic (exact) mass is 208 g/mol. The Hall–Kier alpha value is -1.78. The molecule has 0 spiro atoms. The van der Waals surface area contributed by atoms with Gasteiger partial charge >= 0.3 is 0 Å². The van der Waals surface area contributed by atoms with Crippen LogP contribution in [-0.4, -0.2) is 31.5 Å². The number of hydrogen-bond donors (Lipinski definition) is 2. The molecule has 0 aliphatic carbocycles. The van der Waals surface area contributed by atoms with Crippen molar-refractivity contribution in [3.63, 3.8) is 0 Å². The first-order valence-electron chi connectivity index (χ1n) is 4.69. The van der Waals surface area contributed by atoms with Gasteiger partial charge in [-0.15, -0.1) is 0 Å². The van der Waals surface area contributed by atoms with E-state index in [1.165, 1.54) is 0 Å². The van der Waals surface area contributed by atoms with E-state index >= 15 is 0 Å². The Balaban J connectivity index is 2.78. The molecule has 0 aliphatic rings. The molecule has 3 N–H and O–H groups in total. The maximum atomic E-state index is 11.1. The summed E-state index contributed by atoms with van der Waals surface area (Å²) in [5.41, 5.74) is 7.09. The van der Waals surface area contributed by atoms with Gasteiger partial charge in [-0.2, -0.15) is 0 Å². The van der Waals surface area contributed by atoms with Crippen molar-refractivity contribution in [3.8, 4) is 0 Å². The lowest BCUT2D eigenvalue weighted by Gasteiger charge is -2.17. The van der Waals surface area contributed by atoms with Crippen LogP contribution in [0.4, 0.5) is 11.5 Å². The number of anilines is 2. The van der Waals surface area contributed by atoms with Gasteiger partial charge < -0.3 is 16.0 Å². The van der Waals surface area contributed by atoms with Gasteiger partial charge in [0.1, 0.15) is 5.82 Å². The number of aryl methyl sites for hydroxylation is 1. The molecular formula is C10H16N4O. The van der Waals surface area contributed by atoms with Crippen molar-refractivity contribution in [2.24, 2.45) is 0 Å². The minimum absolute atomic E-state index is 0.0474. The van der Waals surface area contributed by atoms with Gasteiger partial charge in [-0.3, -0.25) is 4.79 Å². The van der Waals surface area contributed by atoms with Crippen molar-refractivity contribution in [1.29, 1.82) is 0 Å². The van der Waals surface area contributed by atoms with E-state index in [1.54, 1.807) is 24.1 Å². The van der Waals surface area contributed by atoms with Gasteiger partial charge in [0, 0.05) is 14.1 Å². The summed E-state index contributed by atoms with van der Waals surface area (Å²) in [4.78, 5) is 17.2. The van der Waals surface area contributed by atoms with E-state index in [0.717, 1.165) is 11.5 Å². The van der Waals surface area contributed by atoms with E-state index in [1.807, 2.05) is 14.0 Å². The molecule has 5 nitrogen and oxygen atoms in total. The number of pyridine rings is 1. The lowest BCUT2D eigenvalue weighted by molar-refractivity contribution is -0.119. The number of likely N-dealkylation sites (N-methyl/N-ethyl adjacent to an activating group) is 2. The summed E-state index contributed by atoms with van der Waals surface area (Å²) in [6.45, 7) is 2.12. The molecule has 1 rings (SSSR count). The van der Waals surface area contributed by atoms with Crippen LogP contribution in [0.15, 0.2) is 12.1 Å². The van der Waals surface area contributed by atoms with E-state index < -0.39 is 0 Å². The van der Waals surface area contributed by atoms with Gasteiger partial charge in [-0.05, 0) is 19.1 Å². The summed E-state index contributed by atoms with van der Waals surface area (Å²) in [6.07, 6.45) is 0. The zero-order valence-electron chi connectivity index (χ0n) is 9.24. The second-order valence-corrected chi connectivity index (χ2v) is 3.37. The second kappa shape index (κ2) is 4.63. The van der Waals surface area contributed by atoms with E-state index in [9.17, 15) is 4.79 Å². The maximum Gasteiger partial charge on any atom is 0.239 e. The average Bonchev–Trinajstić information content (AvgIpc) is 2.21. The highest BCUT2D eigenvalue weighted by Crippen LogP contribution is 2.14. The van der Waals surface area contributed by atoms with Crippen LogP contribution in [0.2, 0.25) is 0 Å². The summed E-state index contributed by atoms with van der Waals surface area (Å²) < 4.78 is 0. The highest BCUT2D eigenvalue weighted by Gasteiger charge is 2.07. The average molecular weight is 208 g/mol. The first-order valence-corrected chi connectivity index (χ1v) is 4.69. The van der Waals surface area contributed by atoms with Gasteiger partial charge in [0.05, 0.1) is 17.9 Å². The Labute approximate surface area is 89.3 Å². The molecule has 82 valence electrons. The Morgan fingerprint density at radius 3 is 2.80 bits per heavy atom. The van der Waals surface area contributed by atoms with Crippen LogP contribution in [0, 0.1) is 6.92 Å². The summed E-state index contributed by atoms with van der Waals surface area (Å²) >= 11 is 0. The Morgan fingerprint density at radius 1 is 1.60 bits per heavy atom. The third kappa shape index (κ3) is 2.83. The summed E-state index contributed by atoms with van der Waals surface area (Å²) in [5.74, 6) is 0.694. The van der Waals surface area contributed by atoms with E-state index in [2.05, 4.69) is 10.3 Å². The molecule has 0 fully saturated rings. The van der Waals surface area contributed by atoms with Crippen molar-refractivity contribution >= 4 is 17.4 Å². The van der Waals surface area contributed by atoms with Crippen LogP contribution in [0.3, 0.4) is 0 Å². The molecule has 0 unspecified atom stereocenters. The molecule has 1 aromatic heterocycles. The maximum absolute atomic E-state index is 11.1. The number of hydrogen-bond acceptors (Lipinski definition) is 4. The third-order valence-electron chi connectivity index (χ3n) is 2.16. The molecule has 1 amide bonds. The zero-order valence-corrected chi connectivity index (χ0v) is 9.24. The highest BCUT2D eigenvalue weighted by atomic mass is 16.1. The number of nitrogens with zero attached hydrogens (tertiary/aromatic N) is 2. The number of nitrogens with two attached hydrogens (primary N) is 1. The largest absolute Gasteiger partial charge is 0.397 e. The van der Waals surface area contributed by atoms with Gasteiger partial charge in [0.25, 0.3) is 0 Å².